The highest BCUT2D eigenvalue weighted by Gasteiger charge is 2.33. The summed E-state index contributed by atoms with van der Waals surface area (Å²) in [6.07, 6.45) is 2.14. The highest BCUT2D eigenvalue weighted by molar-refractivity contribution is 5.34. The Kier molecular flexibility index (Phi) is 3.46. The lowest BCUT2D eigenvalue weighted by Gasteiger charge is -2.36. The molecule has 0 saturated carbocycles. The van der Waals surface area contributed by atoms with Crippen LogP contribution in [0.2, 0.25) is 0 Å². The SMILES string of the molecule is COc1cccc(C2(CO)CCCNC2)c1. The predicted molar refractivity (Wildman–Crippen MR) is 63.9 cm³/mol. The van der Waals surface area contributed by atoms with Crippen LogP contribution in [0, 0.1) is 0 Å². The molecule has 3 heteroatoms. The fourth-order valence-electron chi connectivity index (χ4n) is 2.39. The average Bonchev–Trinajstić information content (AvgIpc) is 2.39. The number of methoxy groups -OCH3 is 1. The van der Waals surface area contributed by atoms with Crippen LogP contribution in [0.15, 0.2) is 24.3 Å². The Morgan fingerprint density at radius 1 is 1.50 bits per heavy atom. The molecular formula is C13H19NO2. The van der Waals surface area contributed by atoms with Gasteiger partial charge in [0, 0.05) is 12.0 Å². The van der Waals surface area contributed by atoms with Gasteiger partial charge in [0.15, 0.2) is 0 Å². The molecule has 0 radical (unpaired) electrons. The Labute approximate surface area is 96.4 Å². The molecule has 1 aliphatic rings. The lowest BCUT2D eigenvalue weighted by atomic mass is 9.75. The van der Waals surface area contributed by atoms with Gasteiger partial charge in [-0.05, 0) is 37.1 Å². The van der Waals surface area contributed by atoms with Crippen molar-refractivity contribution in [2.75, 3.05) is 26.8 Å². The number of aliphatic hydroxyl groups excluding tert-OH is 1. The molecule has 0 aliphatic carbocycles. The summed E-state index contributed by atoms with van der Waals surface area (Å²) in [5.74, 6) is 0.857. The molecule has 2 rings (SSSR count). The monoisotopic (exact) mass is 221 g/mol. The molecule has 1 unspecified atom stereocenters. The zero-order valence-corrected chi connectivity index (χ0v) is 9.70. The van der Waals surface area contributed by atoms with Gasteiger partial charge in [-0.15, -0.1) is 0 Å². The lowest BCUT2D eigenvalue weighted by Crippen LogP contribution is -2.45. The van der Waals surface area contributed by atoms with Crippen LogP contribution < -0.4 is 10.1 Å². The second-order valence-electron chi connectivity index (χ2n) is 4.45. The van der Waals surface area contributed by atoms with Crippen molar-refractivity contribution in [1.82, 2.24) is 5.32 Å². The molecule has 0 amide bonds. The molecule has 1 aromatic rings. The van der Waals surface area contributed by atoms with Gasteiger partial charge in [0.1, 0.15) is 5.75 Å². The van der Waals surface area contributed by atoms with Crippen molar-refractivity contribution >= 4 is 0 Å². The van der Waals surface area contributed by atoms with Crippen LogP contribution >= 0.6 is 0 Å². The molecule has 1 fully saturated rings. The zero-order chi connectivity index (χ0) is 11.4. The first-order valence-electron chi connectivity index (χ1n) is 5.77. The Morgan fingerprint density at radius 2 is 2.38 bits per heavy atom. The van der Waals surface area contributed by atoms with Gasteiger partial charge in [-0.25, -0.2) is 0 Å². The summed E-state index contributed by atoms with van der Waals surface area (Å²) in [6, 6.07) is 8.03. The minimum Gasteiger partial charge on any atom is -0.497 e. The van der Waals surface area contributed by atoms with E-state index in [0.717, 1.165) is 31.7 Å². The highest BCUT2D eigenvalue weighted by Crippen LogP contribution is 2.32. The van der Waals surface area contributed by atoms with Crippen LogP contribution in [-0.2, 0) is 5.41 Å². The Bertz CT molecular complexity index is 346. The van der Waals surface area contributed by atoms with Gasteiger partial charge in [0.25, 0.3) is 0 Å². The lowest BCUT2D eigenvalue weighted by molar-refractivity contribution is 0.162. The molecule has 1 atom stereocenters. The topological polar surface area (TPSA) is 41.5 Å². The van der Waals surface area contributed by atoms with E-state index in [0.29, 0.717) is 0 Å². The quantitative estimate of drug-likeness (QED) is 0.808. The van der Waals surface area contributed by atoms with Gasteiger partial charge in [0.05, 0.1) is 13.7 Å². The number of nitrogens with one attached hydrogen (secondary N) is 1. The van der Waals surface area contributed by atoms with Crippen molar-refractivity contribution in [2.24, 2.45) is 0 Å². The van der Waals surface area contributed by atoms with Crippen molar-refractivity contribution in [3.8, 4) is 5.75 Å². The van der Waals surface area contributed by atoms with Crippen LogP contribution in [0.4, 0.5) is 0 Å². The number of aliphatic hydroxyl groups is 1. The molecule has 3 nitrogen and oxygen atoms in total. The second kappa shape index (κ2) is 4.85. The summed E-state index contributed by atoms with van der Waals surface area (Å²) < 4.78 is 5.23. The van der Waals surface area contributed by atoms with Gasteiger partial charge in [-0.2, -0.15) is 0 Å². The number of piperidine rings is 1. The van der Waals surface area contributed by atoms with E-state index in [9.17, 15) is 5.11 Å². The van der Waals surface area contributed by atoms with Crippen molar-refractivity contribution in [2.45, 2.75) is 18.3 Å². The maximum absolute atomic E-state index is 9.68. The minimum absolute atomic E-state index is 0.132. The third-order valence-corrected chi connectivity index (χ3v) is 3.46. The predicted octanol–water partition coefficient (Wildman–Crippen LogP) is 1.31. The molecule has 1 heterocycles. The number of ether oxygens (including phenoxy) is 1. The summed E-state index contributed by atoms with van der Waals surface area (Å²) >= 11 is 0. The molecular weight excluding hydrogens is 202 g/mol. The number of rotatable bonds is 3. The Hall–Kier alpha value is -1.06. The summed E-state index contributed by atoms with van der Waals surface area (Å²) in [6.45, 7) is 2.08. The molecule has 0 bridgehead atoms. The largest absolute Gasteiger partial charge is 0.497 e. The molecule has 88 valence electrons. The van der Waals surface area contributed by atoms with Gasteiger partial charge >= 0.3 is 0 Å². The molecule has 2 N–H and O–H groups in total. The van der Waals surface area contributed by atoms with Crippen molar-refractivity contribution in [3.63, 3.8) is 0 Å². The van der Waals surface area contributed by atoms with Gasteiger partial charge in [-0.1, -0.05) is 12.1 Å². The van der Waals surface area contributed by atoms with Gasteiger partial charge < -0.3 is 15.2 Å². The smallest absolute Gasteiger partial charge is 0.119 e. The Morgan fingerprint density at radius 3 is 3.00 bits per heavy atom. The van der Waals surface area contributed by atoms with E-state index in [4.69, 9.17) is 4.74 Å². The third-order valence-electron chi connectivity index (χ3n) is 3.46. The molecule has 1 saturated heterocycles. The van der Waals surface area contributed by atoms with Crippen LogP contribution in [0.5, 0.6) is 5.75 Å². The molecule has 1 aromatic carbocycles. The second-order valence-corrected chi connectivity index (χ2v) is 4.45. The van der Waals surface area contributed by atoms with Crippen molar-refractivity contribution in [1.29, 1.82) is 0 Å². The first-order valence-corrected chi connectivity index (χ1v) is 5.77. The van der Waals surface area contributed by atoms with Crippen LogP contribution in [0.1, 0.15) is 18.4 Å². The van der Waals surface area contributed by atoms with E-state index in [-0.39, 0.29) is 12.0 Å². The van der Waals surface area contributed by atoms with Crippen LogP contribution in [-0.4, -0.2) is 31.9 Å². The summed E-state index contributed by atoms with van der Waals surface area (Å²) in [7, 11) is 1.67. The maximum Gasteiger partial charge on any atom is 0.119 e. The van der Waals surface area contributed by atoms with Gasteiger partial charge in [0.2, 0.25) is 0 Å². The fourth-order valence-corrected chi connectivity index (χ4v) is 2.39. The molecule has 1 aliphatic heterocycles. The van der Waals surface area contributed by atoms with Crippen LogP contribution in [0.3, 0.4) is 0 Å². The maximum atomic E-state index is 9.68. The summed E-state index contributed by atoms with van der Waals surface area (Å²) in [4.78, 5) is 0. The zero-order valence-electron chi connectivity index (χ0n) is 9.70. The van der Waals surface area contributed by atoms with Crippen LogP contribution in [0.25, 0.3) is 0 Å². The summed E-state index contributed by atoms with van der Waals surface area (Å²) in [5, 5.41) is 13.0. The van der Waals surface area contributed by atoms with E-state index in [1.54, 1.807) is 7.11 Å². The standard InChI is InChI=1S/C13H19NO2/c1-16-12-5-2-4-11(8-12)13(10-15)6-3-7-14-9-13/h2,4-5,8,14-15H,3,6-7,9-10H2,1H3. The number of benzene rings is 1. The highest BCUT2D eigenvalue weighted by atomic mass is 16.5. The first-order chi connectivity index (χ1) is 7.80. The van der Waals surface area contributed by atoms with E-state index >= 15 is 0 Å². The molecule has 16 heavy (non-hydrogen) atoms. The first kappa shape index (κ1) is 11.4. The van der Waals surface area contributed by atoms with E-state index in [1.807, 2.05) is 18.2 Å². The van der Waals surface area contributed by atoms with E-state index < -0.39 is 0 Å². The average molecular weight is 221 g/mol. The van der Waals surface area contributed by atoms with E-state index in [1.165, 1.54) is 5.56 Å². The third kappa shape index (κ3) is 2.06. The number of hydrogen-bond donors (Lipinski definition) is 2. The number of hydrogen-bond acceptors (Lipinski definition) is 3. The minimum atomic E-state index is -0.132. The van der Waals surface area contributed by atoms with Crippen molar-refractivity contribution in [3.05, 3.63) is 29.8 Å². The van der Waals surface area contributed by atoms with Gasteiger partial charge in [-0.3, -0.25) is 0 Å². The molecule has 0 spiro atoms. The van der Waals surface area contributed by atoms with Crippen molar-refractivity contribution < 1.29 is 9.84 Å². The fraction of sp³-hybridized carbons (Fsp3) is 0.538. The van der Waals surface area contributed by atoms with E-state index in [2.05, 4.69) is 11.4 Å². The molecule has 0 aromatic heterocycles. The summed E-state index contributed by atoms with van der Waals surface area (Å²) in [5.41, 5.74) is 1.04. The normalized spacial score (nSPS) is 25.4. The Balaban J connectivity index is 2.31.